The van der Waals surface area contributed by atoms with Crippen LogP contribution in [-0.2, 0) is 4.74 Å². The Bertz CT molecular complexity index is 459. The largest absolute Gasteiger partial charge is 0.398 e. The van der Waals surface area contributed by atoms with Gasteiger partial charge in [-0.3, -0.25) is 4.79 Å². The van der Waals surface area contributed by atoms with Gasteiger partial charge in [0, 0.05) is 24.9 Å². The number of halogens is 1. The molecule has 0 saturated carbocycles. The highest BCUT2D eigenvalue weighted by atomic mass is 19.1. The SMILES string of the molecule is CC(NC(=O)c1cc(F)ccc1N)C1CCOCC1. The van der Waals surface area contributed by atoms with Crippen LogP contribution in [0.1, 0.15) is 30.1 Å². The van der Waals surface area contributed by atoms with Crippen LogP contribution in [-0.4, -0.2) is 25.2 Å². The number of anilines is 1. The molecule has 1 aromatic carbocycles. The van der Waals surface area contributed by atoms with Crippen molar-refractivity contribution in [1.29, 1.82) is 0 Å². The zero-order valence-corrected chi connectivity index (χ0v) is 11.0. The Labute approximate surface area is 112 Å². The fourth-order valence-electron chi connectivity index (χ4n) is 2.34. The Morgan fingerprint density at radius 3 is 2.84 bits per heavy atom. The van der Waals surface area contributed by atoms with Gasteiger partial charge in [0.1, 0.15) is 5.82 Å². The summed E-state index contributed by atoms with van der Waals surface area (Å²) in [6.45, 7) is 3.42. The number of benzene rings is 1. The van der Waals surface area contributed by atoms with Crippen LogP contribution in [0.3, 0.4) is 0 Å². The second-order valence-corrected chi connectivity index (χ2v) is 4.94. The number of nitrogen functional groups attached to an aromatic ring is 1. The summed E-state index contributed by atoms with van der Waals surface area (Å²) in [7, 11) is 0. The molecule has 1 fully saturated rings. The lowest BCUT2D eigenvalue weighted by molar-refractivity contribution is 0.0538. The van der Waals surface area contributed by atoms with E-state index in [1.54, 1.807) is 0 Å². The maximum Gasteiger partial charge on any atom is 0.253 e. The lowest BCUT2D eigenvalue weighted by Gasteiger charge is -2.28. The molecule has 0 aromatic heterocycles. The van der Waals surface area contributed by atoms with E-state index in [9.17, 15) is 9.18 Å². The minimum Gasteiger partial charge on any atom is -0.398 e. The average Bonchev–Trinajstić information content (AvgIpc) is 2.42. The molecule has 0 bridgehead atoms. The van der Waals surface area contributed by atoms with Crippen LogP contribution in [0, 0.1) is 11.7 Å². The van der Waals surface area contributed by atoms with Gasteiger partial charge in [0.05, 0.1) is 5.56 Å². The maximum atomic E-state index is 13.1. The molecular weight excluding hydrogens is 247 g/mol. The summed E-state index contributed by atoms with van der Waals surface area (Å²) in [5.74, 6) is -0.387. The number of hydrogen-bond donors (Lipinski definition) is 2. The molecule has 2 rings (SSSR count). The molecule has 1 aliphatic heterocycles. The first-order valence-corrected chi connectivity index (χ1v) is 6.51. The minimum atomic E-state index is -0.460. The first-order chi connectivity index (χ1) is 9.08. The van der Waals surface area contributed by atoms with Crippen LogP contribution >= 0.6 is 0 Å². The third kappa shape index (κ3) is 3.44. The van der Waals surface area contributed by atoms with Gasteiger partial charge >= 0.3 is 0 Å². The van der Waals surface area contributed by atoms with Crippen molar-refractivity contribution < 1.29 is 13.9 Å². The number of hydrogen-bond acceptors (Lipinski definition) is 3. The van der Waals surface area contributed by atoms with Crippen molar-refractivity contribution in [2.24, 2.45) is 5.92 Å². The molecule has 1 unspecified atom stereocenters. The van der Waals surface area contributed by atoms with Gasteiger partial charge in [-0.25, -0.2) is 4.39 Å². The zero-order valence-electron chi connectivity index (χ0n) is 11.0. The zero-order chi connectivity index (χ0) is 13.8. The van der Waals surface area contributed by atoms with Gasteiger partial charge in [0.2, 0.25) is 0 Å². The van der Waals surface area contributed by atoms with E-state index in [0.29, 0.717) is 5.92 Å². The first-order valence-electron chi connectivity index (χ1n) is 6.51. The van der Waals surface area contributed by atoms with Crippen molar-refractivity contribution in [2.45, 2.75) is 25.8 Å². The van der Waals surface area contributed by atoms with Gasteiger partial charge < -0.3 is 15.8 Å². The Kier molecular flexibility index (Phi) is 4.37. The summed E-state index contributed by atoms with van der Waals surface area (Å²) in [5.41, 5.74) is 6.18. The van der Waals surface area contributed by atoms with Crippen molar-refractivity contribution in [2.75, 3.05) is 18.9 Å². The number of rotatable bonds is 3. The van der Waals surface area contributed by atoms with Gasteiger partial charge in [-0.15, -0.1) is 0 Å². The van der Waals surface area contributed by atoms with Crippen LogP contribution in [0.2, 0.25) is 0 Å². The predicted molar refractivity (Wildman–Crippen MR) is 71.3 cm³/mol. The summed E-state index contributed by atoms with van der Waals surface area (Å²) in [6.07, 6.45) is 1.86. The monoisotopic (exact) mass is 266 g/mol. The van der Waals surface area contributed by atoms with Gasteiger partial charge in [-0.1, -0.05) is 0 Å². The molecule has 1 amide bonds. The third-order valence-electron chi connectivity index (χ3n) is 3.59. The molecule has 3 N–H and O–H groups in total. The Hall–Kier alpha value is -1.62. The summed E-state index contributed by atoms with van der Waals surface area (Å²) >= 11 is 0. The van der Waals surface area contributed by atoms with E-state index >= 15 is 0 Å². The number of carbonyl (C=O) groups is 1. The number of carbonyl (C=O) groups excluding carboxylic acids is 1. The molecule has 1 heterocycles. The topological polar surface area (TPSA) is 64.4 Å². The lowest BCUT2D eigenvalue weighted by Crippen LogP contribution is -2.40. The standard InChI is InChI=1S/C14H19FN2O2/c1-9(10-4-6-19-7-5-10)17-14(18)12-8-11(15)2-3-13(12)16/h2-3,8-10H,4-7,16H2,1H3,(H,17,18). The molecule has 4 nitrogen and oxygen atoms in total. The normalized spacial score (nSPS) is 18.0. The predicted octanol–water partition coefficient (Wildman–Crippen LogP) is 1.95. The van der Waals surface area contributed by atoms with Crippen molar-refractivity contribution in [3.63, 3.8) is 0 Å². The van der Waals surface area contributed by atoms with E-state index in [2.05, 4.69) is 5.32 Å². The Morgan fingerprint density at radius 1 is 1.47 bits per heavy atom. The molecule has 0 radical (unpaired) electrons. The average molecular weight is 266 g/mol. The van der Waals surface area contributed by atoms with Gasteiger partial charge in [0.15, 0.2) is 0 Å². The molecule has 1 aromatic rings. The quantitative estimate of drug-likeness (QED) is 0.822. The fourth-order valence-corrected chi connectivity index (χ4v) is 2.34. The summed E-state index contributed by atoms with van der Waals surface area (Å²) < 4.78 is 18.4. The third-order valence-corrected chi connectivity index (χ3v) is 3.59. The number of ether oxygens (including phenoxy) is 1. The summed E-state index contributed by atoms with van der Waals surface area (Å²) in [4.78, 5) is 12.1. The van der Waals surface area contributed by atoms with E-state index in [0.717, 1.165) is 26.1 Å². The van der Waals surface area contributed by atoms with Gasteiger partial charge in [-0.05, 0) is 43.9 Å². The van der Waals surface area contributed by atoms with E-state index in [1.807, 2.05) is 6.92 Å². The van der Waals surface area contributed by atoms with E-state index in [1.165, 1.54) is 18.2 Å². The van der Waals surface area contributed by atoms with Crippen LogP contribution in [0.5, 0.6) is 0 Å². The second kappa shape index (κ2) is 6.02. The van der Waals surface area contributed by atoms with Crippen LogP contribution in [0.15, 0.2) is 18.2 Å². The second-order valence-electron chi connectivity index (χ2n) is 4.94. The number of nitrogens with one attached hydrogen (secondary N) is 1. The van der Waals surface area contributed by atoms with Crippen molar-refractivity contribution in [3.8, 4) is 0 Å². The molecule has 5 heteroatoms. The fraction of sp³-hybridized carbons (Fsp3) is 0.500. The molecule has 1 saturated heterocycles. The van der Waals surface area contributed by atoms with Crippen molar-refractivity contribution >= 4 is 11.6 Å². The highest BCUT2D eigenvalue weighted by Crippen LogP contribution is 2.20. The molecule has 1 aliphatic rings. The van der Waals surface area contributed by atoms with E-state index in [4.69, 9.17) is 10.5 Å². The van der Waals surface area contributed by atoms with Crippen LogP contribution in [0.25, 0.3) is 0 Å². The maximum absolute atomic E-state index is 13.1. The molecule has 19 heavy (non-hydrogen) atoms. The summed E-state index contributed by atoms with van der Waals surface area (Å²) in [6, 6.07) is 3.85. The van der Waals surface area contributed by atoms with E-state index in [-0.39, 0.29) is 23.2 Å². The Morgan fingerprint density at radius 2 is 2.16 bits per heavy atom. The molecule has 0 spiro atoms. The van der Waals surface area contributed by atoms with Crippen molar-refractivity contribution in [1.82, 2.24) is 5.32 Å². The lowest BCUT2D eigenvalue weighted by atomic mass is 9.92. The van der Waals surface area contributed by atoms with Gasteiger partial charge in [0.25, 0.3) is 5.91 Å². The van der Waals surface area contributed by atoms with Crippen LogP contribution < -0.4 is 11.1 Å². The highest BCUT2D eigenvalue weighted by molar-refractivity contribution is 5.99. The first kappa shape index (κ1) is 13.8. The van der Waals surface area contributed by atoms with Gasteiger partial charge in [-0.2, -0.15) is 0 Å². The van der Waals surface area contributed by atoms with E-state index < -0.39 is 5.82 Å². The summed E-state index contributed by atoms with van der Waals surface area (Å²) in [5, 5.41) is 2.89. The number of nitrogens with two attached hydrogens (primary N) is 1. The minimum absolute atomic E-state index is 0.0269. The highest BCUT2D eigenvalue weighted by Gasteiger charge is 2.23. The Balaban J connectivity index is 2.01. The molecular formula is C14H19FN2O2. The van der Waals surface area contributed by atoms with Crippen molar-refractivity contribution in [3.05, 3.63) is 29.6 Å². The molecule has 1 atom stereocenters. The molecule has 104 valence electrons. The van der Waals surface area contributed by atoms with Crippen LogP contribution in [0.4, 0.5) is 10.1 Å². The number of amides is 1. The smallest absolute Gasteiger partial charge is 0.253 e. The molecule has 0 aliphatic carbocycles.